The maximum absolute atomic E-state index is 12.3. The van der Waals surface area contributed by atoms with Crippen LogP contribution in [0.1, 0.15) is 21.5 Å². The van der Waals surface area contributed by atoms with Gasteiger partial charge in [-0.1, -0.05) is 72.8 Å². The van der Waals surface area contributed by atoms with E-state index in [-0.39, 0.29) is 0 Å². The number of hydrogen-bond donors (Lipinski definition) is 2. The fourth-order valence-electron chi connectivity index (χ4n) is 3.24. The topological polar surface area (TPSA) is 67.4 Å². The predicted molar refractivity (Wildman–Crippen MR) is 126 cm³/mol. The zero-order valence-electron chi connectivity index (χ0n) is 17.3. The van der Waals surface area contributed by atoms with E-state index in [0.717, 1.165) is 21.9 Å². The number of nitrogens with one attached hydrogen (secondary N) is 2. The van der Waals surface area contributed by atoms with E-state index in [1.54, 1.807) is 30.3 Å². The number of hydrazine groups is 1. The summed E-state index contributed by atoms with van der Waals surface area (Å²) in [5, 5.41) is 2.15. The Balaban J connectivity index is 1.29. The van der Waals surface area contributed by atoms with Crippen LogP contribution in [-0.2, 0) is 11.4 Å². The number of benzene rings is 4. The third-order valence-corrected chi connectivity index (χ3v) is 4.90. The molecule has 2 N–H and O–H groups in total. The average Bonchev–Trinajstić information content (AvgIpc) is 2.85. The van der Waals surface area contributed by atoms with Gasteiger partial charge in [-0.2, -0.15) is 0 Å². The van der Waals surface area contributed by atoms with E-state index in [9.17, 15) is 9.59 Å². The highest BCUT2D eigenvalue weighted by Crippen LogP contribution is 2.19. The molecule has 0 saturated heterocycles. The van der Waals surface area contributed by atoms with Crippen molar-refractivity contribution >= 4 is 28.7 Å². The summed E-state index contributed by atoms with van der Waals surface area (Å²) in [6, 6.07) is 30.4. The number of carbonyl (C=O) groups is 2. The summed E-state index contributed by atoms with van der Waals surface area (Å²) in [5.41, 5.74) is 7.23. The van der Waals surface area contributed by atoms with Gasteiger partial charge in [0.2, 0.25) is 0 Å². The highest BCUT2D eigenvalue weighted by atomic mass is 16.5. The Labute approximate surface area is 186 Å². The first kappa shape index (κ1) is 20.9. The lowest BCUT2D eigenvalue weighted by Crippen LogP contribution is -2.40. The number of amides is 2. The van der Waals surface area contributed by atoms with Gasteiger partial charge in [0.1, 0.15) is 12.4 Å². The first-order valence-corrected chi connectivity index (χ1v) is 10.2. The van der Waals surface area contributed by atoms with Crippen LogP contribution in [0.2, 0.25) is 0 Å². The van der Waals surface area contributed by atoms with E-state index in [4.69, 9.17) is 4.74 Å². The molecule has 0 radical (unpaired) electrons. The monoisotopic (exact) mass is 422 g/mol. The van der Waals surface area contributed by atoms with Crippen molar-refractivity contribution in [3.8, 4) is 5.75 Å². The molecule has 4 rings (SSSR count). The van der Waals surface area contributed by atoms with E-state index in [1.165, 1.54) is 6.08 Å². The van der Waals surface area contributed by atoms with Crippen LogP contribution in [0.4, 0.5) is 0 Å². The van der Waals surface area contributed by atoms with Crippen LogP contribution in [-0.4, -0.2) is 11.8 Å². The van der Waals surface area contributed by atoms with E-state index in [2.05, 4.69) is 10.9 Å². The molecule has 5 nitrogen and oxygen atoms in total. The van der Waals surface area contributed by atoms with Crippen LogP contribution in [0, 0.1) is 0 Å². The third-order valence-electron chi connectivity index (χ3n) is 4.90. The molecule has 0 spiro atoms. The average molecular weight is 422 g/mol. The van der Waals surface area contributed by atoms with Crippen molar-refractivity contribution in [3.63, 3.8) is 0 Å². The minimum Gasteiger partial charge on any atom is -0.489 e. The van der Waals surface area contributed by atoms with Gasteiger partial charge in [-0.25, -0.2) is 0 Å². The summed E-state index contributed by atoms with van der Waals surface area (Å²) in [6.45, 7) is 0.450. The van der Waals surface area contributed by atoms with E-state index in [0.29, 0.717) is 17.9 Å². The lowest BCUT2D eigenvalue weighted by molar-refractivity contribution is -0.117. The van der Waals surface area contributed by atoms with Gasteiger partial charge in [0.05, 0.1) is 0 Å². The van der Waals surface area contributed by atoms with Crippen LogP contribution in [0.5, 0.6) is 5.75 Å². The molecule has 0 saturated carbocycles. The van der Waals surface area contributed by atoms with Gasteiger partial charge in [0, 0.05) is 11.6 Å². The molecule has 4 aromatic rings. The van der Waals surface area contributed by atoms with Crippen LogP contribution in [0.15, 0.2) is 103 Å². The zero-order valence-corrected chi connectivity index (χ0v) is 17.3. The molecule has 0 aliphatic carbocycles. The lowest BCUT2D eigenvalue weighted by Gasteiger charge is -2.08. The minimum atomic E-state index is -0.422. The van der Waals surface area contributed by atoms with Crippen LogP contribution in [0.25, 0.3) is 16.8 Å². The summed E-state index contributed by atoms with van der Waals surface area (Å²) >= 11 is 0. The fourth-order valence-corrected chi connectivity index (χ4v) is 3.24. The Hall–Kier alpha value is -4.38. The normalized spacial score (nSPS) is 10.8. The zero-order chi connectivity index (χ0) is 22.2. The summed E-state index contributed by atoms with van der Waals surface area (Å²) < 4.78 is 5.72. The molecule has 0 aromatic heterocycles. The first-order valence-electron chi connectivity index (χ1n) is 10.2. The second-order valence-corrected chi connectivity index (χ2v) is 7.14. The van der Waals surface area contributed by atoms with Crippen molar-refractivity contribution in [2.45, 2.75) is 6.61 Å². The number of rotatable bonds is 6. The standard InChI is InChI=1S/C27H22N2O3/c30-26(18-15-22-11-6-10-21-9-4-5-12-25(21)22)28-29-27(31)23-13-16-24(17-14-23)32-19-20-7-2-1-3-8-20/h1-18H,19H2,(H,28,30)(H,29,31)/b18-15+. The van der Waals surface area contributed by atoms with Gasteiger partial charge >= 0.3 is 0 Å². The molecular formula is C27H22N2O3. The molecule has 0 heterocycles. The second kappa shape index (κ2) is 10.1. The predicted octanol–water partition coefficient (Wildman–Crippen LogP) is 4.89. The van der Waals surface area contributed by atoms with Crippen molar-refractivity contribution in [1.82, 2.24) is 10.9 Å². The maximum Gasteiger partial charge on any atom is 0.269 e. The molecular weight excluding hydrogens is 400 g/mol. The quantitative estimate of drug-likeness (QED) is 0.343. The Morgan fingerprint density at radius 2 is 1.47 bits per heavy atom. The fraction of sp³-hybridized carbons (Fsp3) is 0.0370. The smallest absolute Gasteiger partial charge is 0.269 e. The van der Waals surface area contributed by atoms with E-state index in [1.807, 2.05) is 72.8 Å². The van der Waals surface area contributed by atoms with Crippen molar-refractivity contribution < 1.29 is 14.3 Å². The van der Waals surface area contributed by atoms with Crippen LogP contribution >= 0.6 is 0 Å². The Bertz CT molecular complexity index is 1240. The molecule has 4 aromatic carbocycles. The minimum absolute atomic E-state index is 0.411. The van der Waals surface area contributed by atoms with Crippen LogP contribution < -0.4 is 15.6 Å². The van der Waals surface area contributed by atoms with E-state index >= 15 is 0 Å². The molecule has 0 fully saturated rings. The van der Waals surface area contributed by atoms with Gasteiger partial charge < -0.3 is 4.74 Å². The SMILES string of the molecule is O=C(/C=C/c1cccc2ccccc12)NNC(=O)c1ccc(OCc2ccccc2)cc1. The van der Waals surface area contributed by atoms with Gasteiger partial charge in [-0.05, 0) is 52.2 Å². The molecule has 32 heavy (non-hydrogen) atoms. The van der Waals surface area contributed by atoms with Gasteiger partial charge in [0.25, 0.3) is 11.8 Å². The number of fused-ring (bicyclic) bond motifs is 1. The number of carbonyl (C=O) groups excluding carboxylic acids is 2. The maximum atomic E-state index is 12.3. The number of hydrogen-bond acceptors (Lipinski definition) is 3. The molecule has 0 aliphatic heterocycles. The Kier molecular flexibility index (Phi) is 6.58. The number of ether oxygens (including phenoxy) is 1. The molecule has 2 amide bonds. The molecule has 0 unspecified atom stereocenters. The molecule has 158 valence electrons. The summed E-state index contributed by atoms with van der Waals surface area (Å²) in [6.07, 6.45) is 3.12. The molecule has 0 bridgehead atoms. The largest absolute Gasteiger partial charge is 0.489 e. The van der Waals surface area contributed by atoms with Crippen molar-refractivity contribution in [1.29, 1.82) is 0 Å². The molecule has 5 heteroatoms. The Morgan fingerprint density at radius 3 is 2.28 bits per heavy atom. The summed E-state index contributed by atoms with van der Waals surface area (Å²) in [4.78, 5) is 24.4. The highest BCUT2D eigenvalue weighted by molar-refractivity contribution is 5.99. The first-order chi connectivity index (χ1) is 15.7. The highest BCUT2D eigenvalue weighted by Gasteiger charge is 2.07. The Morgan fingerprint density at radius 1 is 0.750 bits per heavy atom. The van der Waals surface area contributed by atoms with Crippen molar-refractivity contribution in [3.05, 3.63) is 120 Å². The molecule has 0 aliphatic rings. The van der Waals surface area contributed by atoms with E-state index < -0.39 is 11.8 Å². The lowest BCUT2D eigenvalue weighted by atomic mass is 10.0. The second-order valence-electron chi connectivity index (χ2n) is 7.14. The third kappa shape index (κ3) is 5.40. The van der Waals surface area contributed by atoms with Crippen molar-refractivity contribution in [2.24, 2.45) is 0 Å². The van der Waals surface area contributed by atoms with Gasteiger partial charge in [0.15, 0.2) is 0 Å². The van der Waals surface area contributed by atoms with Gasteiger partial charge in [-0.15, -0.1) is 0 Å². The summed E-state index contributed by atoms with van der Waals surface area (Å²) in [7, 11) is 0. The van der Waals surface area contributed by atoms with Crippen molar-refractivity contribution in [2.75, 3.05) is 0 Å². The molecule has 0 atom stereocenters. The summed E-state index contributed by atoms with van der Waals surface area (Å²) in [5.74, 6) is -0.173. The van der Waals surface area contributed by atoms with Gasteiger partial charge in [-0.3, -0.25) is 20.4 Å². The van der Waals surface area contributed by atoms with Crippen LogP contribution in [0.3, 0.4) is 0 Å².